The van der Waals surface area contributed by atoms with Crippen LogP contribution in [-0.2, 0) is 17.6 Å². The van der Waals surface area contributed by atoms with Crippen LogP contribution in [0, 0.1) is 0 Å². The van der Waals surface area contributed by atoms with Crippen molar-refractivity contribution in [1.82, 2.24) is 14.8 Å². The van der Waals surface area contributed by atoms with Crippen LogP contribution in [0.15, 0.2) is 60.8 Å². The van der Waals surface area contributed by atoms with E-state index in [1.54, 1.807) is 0 Å². The SMILES string of the molecule is O=C(CCCc1c[nH]c2ccccc12)N1CCN(CCc2ccccc2)CC1. The van der Waals surface area contributed by atoms with Gasteiger partial charge in [-0.2, -0.15) is 0 Å². The minimum atomic E-state index is 0.308. The first-order chi connectivity index (χ1) is 13.8. The van der Waals surface area contributed by atoms with Crippen LogP contribution in [0.25, 0.3) is 10.9 Å². The molecule has 0 aliphatic carbocycles. The van der Waals surface area contributed by atoms with Crippen molar-refractivity contribution >= 4 is 16.8 Å². The Kier molecular flexibility index (Phi) is 6.07. The molecule has 1 N–H and O–H groups in total. The highest BCUT2D eigenvalue weighted by Gasteiger charge is 2.20. The molecular formula is C24H29N3O. The Hall–Kier alpha value is -2.59. The zero-order chi connectivity index (χ0) is 19.2. The zero-order valence-electron chi connectivity index (χ0n) is 16.4. The Bertz CT molecular complexity index is 894. The number of nitrogens with zero attached hydrogens (tertiary/aromatic N) is 2. The topological polar surface area (TPSA) is 39.3 Å². The monoisotopic (exact) mass is 375 g/mol. The van der Waals surface area contributed by atoms with Crippen molar-refractivity contribution in [2.75, 3.05) is 32.7 Å². The summed E-state index contributed by atoms with van der Waals surface area (Å²) in [6.07, 6.45) is 5.67. The average Bonchev–Trinajstić information content (AvgIpc) is 3.16. The van der Waals surface area contributed by atoms with Gasteiger partial charge >= 0.3 is 0 Å². The second-order valence-corrected chi connectivity index (χ2v) is 7.67. The summed E-state index contributed by atoms with van der Waals surface area (Å²) in [6.45, 7) is 4.77. The molecule has 0 saturated carbocycles. The van der Waals surface area contributed by atoms with E-state index in [1.807, 2.05) is 11.0 Å². The molecule has 0 spiro atoms. The van der Waals surface area contributed by atoms with Crippen LogP contribution in [0.5, 0.6) is 0 Å². The standard InChI is InChI=1S/C24H29N3O/c28-24(12-6-9-21-19-25-23-11-5-4-10-22(21)23)27-17-15-26(16-18-27)14-13-20-7-2-1-3-8-20/h1-5,7-8,10-11,19,25H,6,9,12-18H2. The molecule has 1 aliphatic heterocycles. The van der Waals surface area contributed by atoms with Crippen molar-refractivity contribution in [2.45, 2.75) is 25.7 Å². The molecule has 3 aromatic rings. The van der Waals surface area contributed by atoms with Gasteiger partial charge in [0.2, 0.25) is 5.91 Å². The van der Waals surface area contributed by atoms with Gasteiger partial charge in [-0.3, -0.25) is 9.69 Å². The van der Waals surface area contributed by atoms with E-state index in [0.29, 0.717) is 12.3 Å². The fourth-order valence-corrected chi connectivity index (χ4v) is 4.08. The Balaban J connectivity index is 1.18. The highest BCUT2D eigenvalue weighted by Crippen LogP contribution is 2.19. The fourth-order valence-electron chi connectivity index (χ4n) is 4.08. The van der Waals surface area contributed by atoms with Crippen LogP contribution < -0.4 is 0 Å². The molecule has 2 heterocycles. The van der Waals surface area contributed by atoms with E-state index >= 15 is 0 Å². The number of rotatable bonds is 7. The smallest absolute Gasteiger partial charge is 0.222 e. The summed E-state index contributed by atoms with van der Waals surface area (Å²) in [7, 11) is 0. The molecule has 1 fully saturated rings. The number of aryl methyl sites for hydroxylation is 1. The van der Waals surface area contributed by atoms with Gasteiger partial charge in [-0.25, -0.2) is 0 Å². The highest BCUT2D eigenvalue weighted by molar-refractivity contribution is 5.83. The molecule has 2 aromatic carbocycles. The number of nitrogens with one attached hydrogen (secondary N) is 1. The maximum atomic E-state index is 12.6. The van der Waals surface area contributed by atoms with Crippen LogP contribution in [-0.4, -0.2) is 53.4 Å². The molecule has 4 nitrogen and oxygen atoms in total. The maximum Gasteiger partial charge on any atom is 0.222 e. The van der Waals surface area contributed by atoms with E-state index in [-0.39, 0.29) is 0 Å². The normalized spacial score (nSPS) is 15.2. The second kappa shape index (κ2) is 9.07. The summed E-state index contributed by atoms with van der Waals surface area (Å²) in [4.78, 5) is 20.4. The largest absolute Gasteiger partial charge is 0.361 e. The summed E-state index contributed by atoms with van der Waals surface area (Å²) in [6, 6.07) is 19.0. The van der Waals surface area contributed by atoms with Crippen LogP contribution in [0.2, 0.25) is 0 Å². The van der Waals surface area contributed by atoms with Crippen molar-refractivity contribution < 1.29 is 4.79 Å². The lowest BCUT2D eigenvalue weighted by Crippen LogP contribution is -2.49. The predicted molar refractivity (Wildman–Crippen MR) is 114 cm³/mol. The average molecular weight is 376 g/mol. The van der Waals surface area contributed by atoms with Gasteiger partial charge in [-0.05, 0) is 36.5 Å². The number of carbonyl (C=O) groups is 1. The second-order valence-electron chi connectivity index (χ2n) is 7.67. The third-order valence-corrected chi connectivity index (χ3v) is 5.80. The first-order valence-corrected chi connectivity index (χ1v) is 10.4. The number of amides is 1. The van der Waals surface area contributed by atoms with Gasteiger partial charge in [0.1, 0.15) is 0 Å². The van der Waals surface area contributed by atoms with Gasteiger partial charge in [-0.1, -0.05) is 48.5 Å². The van der Waals surface area contributed by atoms with Crippen molar-refractivity contribution in [3.8, 4) is 0 Å². The highest BCUT2D eigenvalue weighted by atomic mass is 16.2. The number of para-hydroxylation sites is 1. The summed E-state index contributed by atoms with van der Waals surface area (Å²) in [5.41, 5.74) is 3.88. The number of fused-ring (bicyclic) bond motifs is 1. The molecule has 4 heteroatoms. The molecule has 4 rings (SSSR count). The molecule has 0 bridgehead atoms. The van der Waals surface area contributed by atoms with Crippen LogP contribution in [0.4, 0.5) is 0 Å². The van der Waals surface area contributed by atoms with E-state index in [9.17, 15) is 4.79 Å². The number of hydrogen-bond acceptors (Lipinski definition) is 2. The summed E-state index contributed by atoms with van der Waals surface area (Å²) in [5.74, 6) is 0.308. The lowest BCUT2D eigenvalue weighted by Gasteiger charge is -2.34. The van der Waals surface area contributed by atoms with Crippen molar-refractivity contribution in [2.24, 2.45) is 0 Å². The van der Waals surface area contributed by atoms with Crippen LogP contribution >= 0.6 is 0 Å². The first-order valence-electron chi connectivity index (χ1n) is 10.4. The van der Waals surface area contributed by atoms with Crippen LogP contribution in [0.1, 0.15) is 24.0 Å². The molecule has 1 amide bonds. The van der Waals surface area contributed by atoms with Crippen LogP contribution in [0.3, 0.4) is 0 Å². The Morgan fingerprint density at radius 2 is 1.64 bits per heavy atom. The minimum Gasteiger partial charge on any atom is -0.361 e. The van der Waals surface area contributed by atoms with E-state index in [0.717, 1.165) is 52.0 Å². The quantitative estimate of drug-likeness (QED) is 0.681. The lowest BCUT2D eigenvalue weighted by molar-refractivity contribution is -0.133. The Morgan fingerprint density at radius 3 is 2.46 bits per heavy atom. The van der Waals surface area contributed by atoms with Gasteiger partial charge in [0.25, 0.3) is 0 Å². The number of aromatic amines is 1. The number of H-pyrrole nitrogens is 1. The summed E-state index contributed by atoms with van der Waals surface area (Å²) in [5, 5.41) is 1.28. The van der Waals surface area contributed by atoms with Gasteiger partial charge < -0.3 is 9.88 Å². The molecule has 1 aromatic heterocycles. The molecule has 1 aliphatic rings. The number of hydrogen-bond donors (Lipinski definition) is 1. The minimum absolute atomic E-state index is 0.308. The Morgan fingerprint density at radius 1 is 0.893 bits per heavy atom. The number of piperazine rings is 1. The van der Waals surface area contributed by atoms with E-state index < -0.39 is 0 Å². The number of carbonyl (C=O) groups excluding carboxylic acids is 1. The number of aromatic nitrogens is 1. The van der Waals surface area contributed by atoms with Crippen molar-refractivity contribution in [3.63, 3.8) is 0 Å². The van der Waals surface area contributed by atoms with Gasteiger partial charge in [-0.15, -0.1) is 0 Å². The predicted octanol–water partition coefficient (Wildman–Crippen LogP) is 3.88. The molecule has 0 radical (unpaired) electrons. The lowest BCUT2D eigenvalue weighted by atomic mass is 10.1. The van der Waals surface area contributed by atoms with E-state index in [4.69, 9.17) is 0 Å². The molecule has 1 saturated heterocycles. The summed E-state index contributed by atoms with van der Waals surface area (Å²) >= 11 is 0. The maximum absolute atomic E-state index is 12.6. The molecule has 146 valence electrons. The Labute approximate surface area is 167 Å². The van der Waals surface area contributed by atoms with Crippen molar-refractivity contribution in [1.29, 1.82) is 0 Å². The third kappa shape index (κ3) is 4.63. The van der Waals surface area contributed by atoms with Gasteiger partial charge in [0.15, 0.2) is 0 Å². The first kappa shape index (κ1) is 18.8. The molecule has 0 atom stereocenters. The summed E-state index contributed by atoms with van der Waals surface area (Å²) < 4.78 is 0. The third-order valence-electron chi connectivity index (χ3n) is 5.80. The van der Waals surface area contributed by atoms with Gasteiger partial charge in [0.05, 0.1) is 0 Å². The van der Waals surface area contributed by atoms with Gasteiger partial charge in [0, 0.05) is 56.2 Å². The number of benzene rings is 2. The van der Waals surface area contributed by atoms with Crippen molar-refractivity contribution in [3.05, 3.63) is 71.9 Å². The zero-order valence-corrected chi connectivity index (χ0v) is 16.4. The fraction of sp³-hybridized carbons (Fsp3) is 0.375. The van der Waals surface area contributed by atoms with E-state index in [2.05, 4.69) is 64.6 Å². The molecular weight excluding hydrogens is 346 g/mol. The molecule has 0 unspecified atom stereocenters. The van der Waals surface area contributed by atoms with E-state index in [1.165, 1.54) is 22.0 Å². The molecule has 28 heavy (non-hydrogen) atoms.